The summed E-state index contributed by atoms with van der Waals surface area (Å²) < 4.78 is 11.6. The van der Waals surface area contributed by atoms with Crippen LogP contribution in [-0.2, 0) is 9.31 Å². The molecule has 1 atom stereocenters. The molecule has 0 spiro atoms. The topological polar surface area (TPSA) is 18.5 Å². The van der Waals surface area contributed by atoms with Gasteiger partial charge in [-0.1, -0.05) is 18.5 Å². The third kappa shape index (κ3) is 2.23. The lowest BCUT2D eigenvalue weighted by molar-refractivity contribution is -0.0366. The summed E-state index contributed by atoms with van der Waals surface area (Å²) in [6, 6.07) is 0. The zero-order valence-electron chi connectivity index (χ0n) is 9.12. The van der Waals surface area contributed by atoms with Gasteiger partial charge in [-0.3, -0.25) is 0 Å². The van der Waals surface area contributed by atoms with Gasteiger partial charge in [0.05, 0.1) is 10.6 Å². The molecule has 0 N–H and O–H groups in total. The molecule has 15 heavy (non-hydrogen) atoms. The molecule has 1 saturated heterocycles. The van der Waals surface area contributed by atoms with Gasteiger partial charge in [0.25, 0.3) is 0 Å². The van der Waals surface area contributed by atoms with Crippen LogP contribution in [0.4, 0.5) is 0 Å². The van der Waals surface area contributed by atoms with E-state index in [9.17, 15) is 0 Å². The molecular formula is C10H14BClO2S. The zero-order chi connectivity index (χ0) is 11.1. The average molecular weight is 245 g/mol. The quantitative estimate of drug-likeness (QED) is 0.707. The molecule has 2 heterocycles. The van der Waals surface area contributed by atoms with Gasteiger partial charge in [-0.2, -0.15) is 11.3 Å². The van der Waals surface area contributed by atoms with Gasteiger partial charge in [0.15, 0.2) is 0 Å². The number of hydrogen-bond donors (Lipinski definition) is 0. The fourth-order valence-corrected chi connectivity index (χ4v) is 2.54. The number of hydrogen-bond acceptors (Lipinski definition) is 3. The highest BCUT2D eigenvalue weighted by atomic mass is 35.5. The van der Waals surface area contributed by atoms with Crippen LogP contribution in [0, 0.1) is 5.92 Å². The van der Waals surface area contributed by atoms with E-state index in [0.717, 1.165) is 10.5 Å². The third-order valence-electron chi connectivity index (χ3n) is 2.99. The Bertz CT molecular complexity index is 353. The van der Waals surface area contributed by atoms with Crippen molar-refractivity contribution in [1.82, 2.24) is 0 Å². The van der Waals surface area contributed by atoms with Gasteiger partial charge >= 0.3 is 7.12 Å². The molecule has 2 rings (SSSR count). The molecule has 0 bridgehead atoms. The summed E-state index contributed by atoms with van der Waals surface area (Å²) in [6.45, 7) is 7.02. The predicted molar refractivity (Wildman–Crippen MR) is 65.0 cm³/mol. The Morgan fingerprint density at radius 2 is 2.27 bits per heavy atom. The van der Waals surface area contributed by atoms with Crippen LogP contribution < -0.4 is 5.46 Å². The van der Waals surface area contributed by atoms with Crippen molar-refractivity contribution in [3.8, 4) is 0 Å². The number of halogens is 1. The van der Waals surface area contributed by atoms with Crippen molar-refractivity contribution < 1.29 is 9.31 Å². The van der Waals surface area contributed by atoms with Crippen LogP contribution >= 0.6 is 22.9 Å². The van der Waals surface area contributed by atoms with Gasteiger partial charge < -0.3 is 9.31 Å². The van der Waals surface area contributed by atoms with Gasteiger partial charge in [0.1, 0.15) is 0 Å². The zero-order valence-corrected chi connectivity index (χ0v) is 10.7. The van der Waals surface area contributed by atoms with Gasteiger partial charge in [-0.15, -0.1) is 0 Å². The fourth-order valence-electron chi connectivity index (χ4n) is 1.47. The Labute approximate surface area is 99.7 Å². The molecule has 0 aliphatic carbocycles. The first-order valence-corrected chi connectivity index (χ1v) is 6.34. The van der Waals surface area contributed by atoms with Crippen LogP contribution in [0.3, 0.4) is 0 Å². The number of thiophene rings is 1. The summed E-state index contributed by atoms with van der Waals surface area (Å²) in [5.74, 6) is 0.395. The van der Waals surface area contributed by atoms with E-state index in [4.69, 9.17) is 20.9 Å². The van der Waals surface area contributed by atoms with Crippen LogP contribution in [0.15, 0.2) is 10.8 Å². The summed E-state index contributed by atoms with van der Waals surface area (Å²) in [5.41, 5.74) is 0.787. The molecule has 1 aliphatic rings. The van der Waals surface area contributed by atoms with Crippen LogP contribution in [0.25, 0.3) is 0 Å². The Hall–Kier alpha value is -0.0251. The third-order valence-corrected chi connectivity index (χ3v) is 4.21. The van der Waals surface area contributed by atoms with E-state index in [2.05, 4.69) is 20.8 Å². The van der Waals surface area contributed by atoms with Crippen molar-refractivity contribution in [2.24, 2.45) is 5.92 Å². The first-order chi connectivity index (χ1) is 7.00. The van der Waals surface area contributed by atoms with Crippen molar-refractivity contribution >= 4 is 35.5 Å². The standard InChI is InChI=1S/C10H14BClO2S/c1-7-4-13-11(14-10(7,2)3)8-5-15-6-9(8)12/h5-7H,4H2,1-3H3. The summed E-state index contributed by atoms with van der Waals surface area (Å²) >= 11 is 7.62. The second-order valence-electron chi connectivity index (χ2n) is 4.46. The average Bonchev–Trinajstić information content (AvgIpc) is 2.56. The molecule has 82 valence electrons. The Morgan fingerprint density at radius 3 is 2.80 bits per heavy atom. The molecule has 1 aromatic heterocycles. The molecule has 2 nitrogen and oxygen atoms in total. The van der Waals surface area contributed by atoms with Crippen LogP contribution in [0.1, 0.15) is 20.8 Å². The van der Waals surface area contributed by atoms with E-state index < -0.39 is 0 Å². The summed E-state index contributed by atoms with van der Waals surface area (Å²) in [6.07, 6.45) is 0. The predicted octanol–water partition coefficient (Wildman–Crippen LogP) is 2.56. The van der Waals surface area contributed by atoms with E-state index in [-0.39, 0.29) is 12.7 Å². The highest BCUT2D eigenvalue weighted by Crippen LogP contribution is 2.28. The van der Waals surface area contributed by atoms with E-state index in [1.54, 1.807) is 11.3 Å². The minimum atomic E-state index is -0.310. The minimum absolute atomic E-state index is 0.159. The maximum atomic E-state index is 6.05. The Balaban J connectivity index is 2.17. The normalized spacial score (nSPS) is 25.6. The smallest absolute Gasteiger partial charge is 0.407 e. The van der Waals surface area contributed by atoms with Crippen molar-refractivity contribution in [2.45, 2.75) is 26.4 Å². The maximum absolute atomic E-state index is 6.05. The SMILES string of the molecule is CC1COB(c2cscc2Cl)OC1(C)C. The molecule has 1 aliphatic heterocycles. The van der Waals surface area contributed by atoms with E-state index in [1.165, 1.54) is 0 Å². The van der Waals surface area contributed by atoms with Gasteiger partial charge in [-0.25, -0.2) is 0 Å². The van der Waals surface area contributed by atoms with Gasteiger partial charge in [0, 0.05) is 23.4 Å². The van der Waals surface area contributed by atoms with Crippen molar-refractivity contribution in [2.75, 3.05) is 6.61 Å². The molecular weight excluding hydrogens is 230 g/mol. The minimum Gasteiger partial charge on any atom is -0.407 e. The Morgan fingerprint density at radius 1 is 1.53 bits per heavy atom. The van der Waals surface area contributed by atoms with Crippen molar-refractivity contribution in [3.63, 3.8) is 0 Å². The van der Waals surface area contributed by atoms with Crippen molar-refractivity contribution in [3.05, 3.63) is 15.8 Å². The molecule has 5 heteroatoms. The Kier molecular flexibility index (Phi) is 3.13. The van der Waals surface area contributed by atoms with Crippen LogP contribution in [0.5, 0.6) is 0 Å². The molecule has 1 fully saturated rings. The molecule has 0 saturated carbocycles. The first-order valence-electron chi connectivity index (χ1n) is 5.01. The summed E-state index contributed by atoms with van der Waals surface area (Å²) in [5, 5.41) is 4.61. The largest absolute Gasteiger partial charge is 0.496 e. The lowest BCUT2D eigenvalue weighted by Gasteiger charge is -2.39. The monoisotopic (exact) mass is 244 g/mol. The first kappa shape index (κ1) is 11.5. The highest BCUT2D eigenvalue weighted by molar-refractivity contribution is 7.10. The molecule has 1 unspecified atom stereocenters. The van der Waals surface area contributed by atoms with E-state index in [1.807, 2.05) is 10.8 Å². The van der Waals surface area contributed by atoms with Crippen LogP contribution in [0.2, 0.25) is 5.02 Å². The summed E-state index contributed by atoms with van der Waals surface area (Å²) in [7, 11) is -0.310. The maximum Gasteiger partial charge on any atom is 0.496 e. The molecule has 1 aromatic rings. The van der Waals surface area contributed by atoms with E-state index >= 15 is 0 Å². The molecule has 0 amide bonds. The molecule has 0 radical (unpaired) electrons. The number of rotatable bonds is 1. The lowest BCUT2D eigenvalue weighted by atomic mass is 9.75. The highest BCUT2D eigenvalue weighted by Gasteiger charge is 2.40. The summed E-state index contributed by atoms with van der Waals surface area (Å²) in [4.78, 5) is 0. The van der Waals surface area contributed by atoms with Crippen LogP contribution in [-0.4, -0.2) is 19.3 Å². The van der Waals surface area contributed by atoms with Gasteiger partial charge in [-0.05, 0) is 19.2 Å². The second-order valence-corrected chi connectivity index (χ2v) is 5.61. The second kappa shape index (κ2) is 4.09. The molecule has 0 aromatic carbocycles. The fraction of sp³-hybridized carbons (Fsp3) is 0.600. The van der Waals surface area contributed by atoms with Crippen molar-refractivity contribution in [1.29, 1.82) is 0 Å². The van der Waals surface area contributed by atoms with Gasteiger partial charge in [0.2, 0.25) is 0 Å². The lowest BCUT2D eigenvalue weighted by Crippen LogP contribution is -2.53. The van der Waals surface area contributed by atoms with E-state index in [0.29, 0.717) is 12.5 Å².